The van der Waals surface area contributed by atoms with Crippen LogP contribution in [0.15, 0.2) is 24.3 Å². The predicted octanol–water partition coefficient (Wildman–Crippen LogP) is 1.83. The SMILES string of the molecule is Cc1cccc(-c2nc(C(=O)O)c3n2CC(N)CC3)c1. The molecule has 0 saturated carbocycles. The molecular weight excluding hydrogens is 254 g/mol. The number of aryl methyl sites for hydroxylation is 1. The summed E-state index contributed by atoms with van der Waals surface area (Å²) in [6.07, 6.45) is 1.47. The van der Waals surface area contributed by atoms with Gasteiger partial charge in [0.2, 0.25) is 0 Å². The standard InChI is InChI=1S/C15H17N3O2/c1-9-3-2-4-10(7-9)14-17-13(15(19)20)12-6-5-11(16)8-18(12)14/h2-4,7,11H,5-6,8,16H2,1H3,(H,19,20). The molecule has 0 aliphatic carbocycles. The molecular formula is C15H17N3O2. The van der Waals surface area contributed by atoms with Crippen LogP contribution in [0.3, 0.4) is 0 Å². The minimum atomic E-state index is -0.969. The first kappa shape index (κ1) is 12.9. The molecule has 20 heavy (non-hydrogen) atoms. The fraction of sp³-hybridized carbons (Fsp3) is 0.333. The van der Waals surface area contributed by atoms with Gasteiger partial charge in [0.05, 0.1) is 5.69 Å². The van der Waals surface area contributed by atoms with Crippen molar-refractivity contribution in [3.8, 4) is 11.4 Å². The van der Waals surface area contributed by atoms with Crippen LogP contribution in [-0.4, -0.2) is 26.7 Å². The number of benzene rings is 1. The molecule has 0 amide bonds. The number of nitrogens with two attached hydrogens (primary N) is 1. The number of aromatic nitrogens is 2. The highest BCUT2D eigenvalue weighted by Gasteiger charge is 2.27. The fourth-order valence-corrected chi connectivity index (χ4v) is 2.76. The van der Waals surface area contributed by atoms with Crippen LogP contribution in [0.4, 0.5) is 0 Å². The molecule has 1 unspecified atom stereocenters. The maximum atomic E-state index is 11.4. The van der Waals surface area contributed by atoms with Crippen molar-refractivity contribution in [2.24, 2.45) is 5.73 Å². The van der Waals surface area contributed by atoms with Gasteiger partial charge in [-0.05, 0) is 25.8 Å². The Morgan fingerprint density at radius 1 is 1.50 bits per heavy atom. The number of carboxylic acid groups (broad SMARTS) is 1. The first-order valence-corrected chi connectivity index (χ1v) is 6.71. The number of carboxylic acids is 1. The van der Waals surface area contributed by atoms with Gasteiger partial charge in [-0.1, -0.05) is 23.8 Å². The van der Waals surface area contributed by atoms with Gasteiger partial charge in [0, 0.05) is 18.2 Å². The van der Waals surface area contributed by atoms with Crippen molar-refractivity contribution in [2.45, 2.75) is 32.4 Å². The second-order valence-electron chi connectivity index (χ2n) is 5.31. The maximum Gasteiger partial charge on any atom is 0.356 e. The molecule has 0 radical (unpaired) electrons. The largest absolute Gasteiger partial charge is 0.476 e. The van der Waals surface area contributed by atoms with Crippen LogP contribution in [-0.2, 0) is 13.0 Å². The maximum absolute atomic E-state index is 11.4. The zero-order valence-corrected chi connectivity index (χ0v) is 11.3. The summed E-state index contributed by atoms with van der Waals surface area (Å²) in [6.45, 7) is 2.63. The third kappa shape index (κ3) is 2.10. The van der Waals surface area contributed by atoms with Crippen LogP contribution in [0.25, 0.3) is 11.4 Å². The molecule has 1 aliphatic rings. The monoisotopic (exact) mass is 271 g/mol. The first-order chi connectivity index (χ1) is 9.56. The van der Waals surface area contributed by atoms with Crippen molar-refractivity contribution in [1.29, 1.82) is 0 Å². The third-order valence-electron chi connectivity index (χ3n) is 3.72. The van der Waals surface area contributed by atoms with E-state index in [4.69, 9.17) is 5.73 Å². The van der Waals surface area contributed by atoms with Gasteiger partial charge in [-0.25, -0.2) is 9.78 Å². The normalized spacial score (nSPS) is 17.8. The topological polar surface area (TPSA) is 81.1 Å². The number of aromatic carboxylic acids is 1. The van der Waals surface area contributed by atoms with Gasteiger partial charge >= 0.3 is 5.97 Å². The van der Waals surface area contributed by atoms with Crippen LogP contribution < -0.4 is 5.73 Å². The minimum absolute atomic E-state index is 0.0573. The van der Waals surface area contributed by atoms with Gasteiger partial charge in [-0.3, -0.25) is 0 Å². The number of rotatable bonds is 2. The van der Waals surface area contributed by atoms with Crippen molar-refractivity contribution in [3.05, 3.63) is 41.2 Å². The molecule has 104 valence electrons. The van der Waals surface area contributed by atoms with Crippen LogP contribution in [0, 0.1) is 6.92 Å². The number of fused-ring (bicyclic) bond motifs is 1. The molecule has 3 rings (SSSR count). The summed E-state index contributed by atoms with van der Waals surface area (Å²) in [7, 11) is 0. The van der Waals surface area contributed by atoms with E-state index in [-0.39, 0.29) is 11.7 Å². The number of hydrogen-bond donors (Lipinski definition) is 2. The Bertz CT molecular complexity index is 676. The molecule has 3 N–H and O–H groups in total. The van der Waals surface area contributed by atoms with Gasteiger partial charge < -0.3 is 15.4 Å². The van der Waals surface area contributed by atoms with E-state index < -0.39 is 5.97 Å². The van der Waals surface area contributed by atoms with Gasteiger partial charge in [-0.15, -0.1) is 0 Å². The molecule has 5 heteroatoms. The van der Waals surface area contributed by atoms with Gasteiger partial charge in [0.15, 0.2) is 5.69 Å². The highest BCUT2D eigenvalue weighted by Crippen LogP contribution is 2.27. The quantitative estimate of drug-likeness (QED) is 0.873. The number of hydrogen-bond acceptors (Lipinski definition) is 3. The second-order valence-corrected chi connectivity index (χ2v) is 5.31. The van der Waals surface area contributed by atoms with E-state index in [0.29, 0.717) is 18.8 Å². The smallest absolute Gasteiger partial charge is 0.356 e. The molecule has 0 fully saturated rings. The van der Waals surface area contributed by atoms with E-state index in [0.717, 1.165) is 23.2 Å². The number of imidazole rings is 1. The van der Waals surface area contributed by atoms with E-state index in [1.807, 2.05) is 35.8 Å². The van der Waals surface area contributed by atoms with Gasteiger partial charge in [0.1, 0.15) is 5.82 Å². The first-order valence-electron chi connectivity index (χ1n) is 6.71. The van der Waals surface area contributed by atoms with Crippen molar-refractivity contribution < 1.29 is 9.90 Å². The van der Waals surface area contributed by atoms with Crippen molar-refractivity contribution in [2.75, 3.05) is 0 Å². The summed E-state index contributed by atoms with van der Waals surface area (Å²) in [6, 6.07) is 7.99. The van der Waals surface area contributed by atoms with Crippen molar-refractivity contribution in [1.82, 2.24) is 9.55 Å². The average molecular weight is 271 g/mol. The van der Waals surface area contributed by atoms with Crippen LogP contribution in [0.5, 0.6) is 0 Å². The Hall–Kier alpha value is -2.14. The van der Waals surface area contributed by atoms with Gasteiger partial charge in [-0.2, -0.15) is 0 Å². The Morgan fingerprint density at radius 2 is 2.30 bits per heavy atom. The van der Waals surface area contributed by atoms with E-state index in [2.05, 4.69) is 4.98 Å². The van der Waals surface area contributed by atoms with Crippen molar-refractivity contribution in [3.63, 3.8) is 0 Å². The Labute approximate surface area is 117 Å². The summed E-state index contributed by atoms with van der Waals surface area (Å²) >= 11 is 0. The molecule has 2 heterocycles. The van der Waals surface area contributed by atoms with Crippen LogP contribution >= 0.6 is 0 Å². The van der Waals surface area contributed by atoms with Crippen molar-refractivity contribution >= 4 is 5.97 Å². The molecule has 1 aliphatic heterocycles. The van der Waals surface area contributed by atoms with E-state index in [9.17, 15) is 9.90 Å². The molecule has 1 aromatic carbocycles. The fourth-order valence-electron chi connectivity index (χ4n) is 2.76. The van der Waals surface area contributed by atoms with E-state index in [1.54, 1.807) is 0 Å². The lowest BCUT2D eigenvalue weighted by Gasteiger charge is -2.22. The summed E-state index contributed by atoms with van der Waals surface area (Å²) in [5, 5.41) is 9.31. The number of nitrogens with zero attached hydrogens (tertiary/aromatic N) is 2. The minimum Gasteiger partial charge on any atom is -0.476 e. The molecule has 0 spiro atoms. The molecule has 2 aromatic rings. The van der Waals surface area contributed by atoms with E-state index in [1.165, 1.54) is 0 Å². The Balaban J connectivity index is 2.18. The average Bonchev–Trinajstić information content (AvgIpc) is 2.77. The summed E-state index contributed by atoms with van der Waals surface area (Å²) < 4.78 is 1.96. The van der Waals surface area contributed by atoms with Crippen LogP contribution in [0.1, 0.15) is 28.2 Å². The lowest BCUT2D eigenvalue weighted by atomic mass is 10.0. The summed E-state index contributed by atoms with van der Waals surface area (Å²) in [5.74, 6) is -0.264. The highest BCUT2D eigenvalue weighted by molar-refractivity contribution is 5.88. The molecule has 5 nitrogen and oxygen atoms in total. The van der Waals surface area contributed by atoms with Gasteiger partial charge in [0.25, 0.3) is 0 Å². The number of carbonyl (C=O) groups is 1. The Kier molecular flexibility index (Phi) is 3.06. The predicted molar refractivity (Wildman–Crippen MR) is 75.7 cm³/mol. The third-order valence-corrected chi connectivity index (χ3v) is 3.72. The molecule has 0 bridgehead atoms. The zero-order chi connectivity index (χ0) is 14.3. The summed E-state index contributed by atoms with van der Waals surface area (Å²) in [5.41, 5.74) is 9.02. The summed E-state index contributed by atoms with van der Waals surface area (Å²) in [4.78, 5) is 15.7. The van der Waals surface area contributed by atoms with E-state index >= 15 is 0 Å². The second kappa shape index (κ2) is 4.76. The Morgan fingerprint density at radius 3 is 3.00 bits per heavy atom. The molecule has 1 aromatic heterocycles. The van der Waals surface area contributed by atoms with Crippen LogP contribution in [0.2, 0.25) is 0 Å². The lowest BCUT2D eigenvalue weighted by molar-refractivity contribution is 0.0689. The molecule has 1 atom stereocenters. The highest BCUT2D eigenvalue weighted by atomic mass is 16.4. The molecule has 0 saturated heterocycles. The lowest BCUT2D eigenvalue weighted by Crippen LogP contribution is -2.32. The zero-order valence-electron chi connectivity index (χ0n) is 11.3.